The highest BCUT2D eigenvalue weighted by Gasteiger charge is 2.44. The molecule has 7 nitrogen and oxygen atoms in total. The maximum atomic E-state index is 13.4. The average Bonchev–Trinajstić information content (AvgIpc) is 3.12. The number of rotatable bonds is 3. The number of amides is 1. The Labute approximate surface area is 186 Å². The van der Waals surface area contributed by atoms with Crippen LogP contribution in [0.15, 0.2) is 76.1 Å². The van der Waals surface area contributed by atoms with Gasteiger partial charge in [-0.3, -0.25) is 14.5 Å². The van der Waals surface area contributed by atoms with E-state index in [1.165, 1.54) is 18.2 Å². The van der Waals surface area contributed by atoms with Crippen molar-refractivity contribution in [2.24, 2.45) is 0 Å². The lowest BCUT2D eigenvalue weighted by Gasteiger charge is -2.24. The summed E-state index contributed by atoms with van der Waals surface area (Å²) in [6.45, 7) is 0. The van der Waals surface area contributed by atoms with E-state index < -0.39 is 17.9 Å². The van der Waals surface area contributed by atoms with Gasteiger partial charge in [0, 0.05) is 6.20 Å². The molecule has 1 amide bonds. The van der Waals surface area contributed by atoms with Crippen molar-refractivity contribution in [2.75, 3.05) is 12.0 Å². The highest BCUT2D eigenvalue weighted by atomic mass is 35.5. The molecule has 1 aliphatic rings. The number of nitrogens with zero attached hydrogens (tertiary/aromatic N) is 2. The third-order valence-electron chi connectivity index (χ3n) is 5.38. The summed E-state index contributed by atoms with van der Waals surface area (Å²) < 4.78 is 10.6. The molecule has 0 spiro atoms. The predicted molar refractivity (Wildman–Crippen MR) is 118 cm³/mol. The lowest BCUT2D eigenvalue weighted by molar-refractivity contribution is 0.0600. The fourth-order valence-corrected chi connectivity index (χ4v) is 4.01. The first-order valence-electron chi connectivity index (χ1n) is 9.68. The first kappa shape index (κ1) is 20.0. The van der Waals surface area contributed by atoms with Crippen LogP contribution >= 0.6 is 11.6 Å². The third kappa shape index (κ3) is 3.06. The van der Waals surface area contributed by atoms with E-state index in [2.05, 4.69) is 4.98 Å². The number of halogens is 1. The lowest BCUT2D eigenvalue weighted by atomic mass is 9.97. The molecule has 0 saturated carbocycles. The first-order valence-corrected chi connectivity index (χ1v) is 10.1. The molecule has 0 aliphatic carbocycles. The highest BCUT2D eigenvalue weighted by molar-refractivity contribution is 6.30. The Bertz CT molecular complexity index is 1430. The lowest BCUT2D eigenvalue weighted by Crippen LogP contribution is -2.30. The van der Waals surface area contributed by atoms with Crippen molar-refractivity contribution in [2.45, 2.75) is 6.04 Å². The molecule has 0 N–H and O–H groups in total. The zero-order chi connectivity index (χ0) is 22.4. The zero-order valence-corrected chi connectivity index (χ0v) is 17.5. The summed E-state index contributed by atoms with van der Waals surface area (Å²) in [6.07, 6.45) is 1.43. The maximum Gasteiger partial charge on any atom is 0.337 e. The van der Waals surface area contributed by atoms with Gasteiger partial charge in [0.25, 0.3) is 5.91 Å². The van der Waals surface area contributed by atoms with Crippen LogP contribution in [0.3, 0.4) is 0 Å². The zero-order valence-electron chi connectivity index (χ0n) is 16.7. The molecule has 2 aromatic heterocycles. The molecule has 2 aromatic carbocycles. The molecule has 1 atom stereocenters. The van der Waals surface area contributed by atoms with Gasteiger partial charge in [-0.2, -0.15) is 0 Å². The molecule has 8 heteroatoms. The number of benzene rings is 2. The molecule has 1 aliphatic heterocycles. The van der Waals surface area contributed by atoms with Gasteiger partial charge in [0.2, 0.25) is 5.76 Å². The number of hydrogen-bond acceptors (Lipinski definition) is 6. The van der Waals surface area contributed by atoms with E-state index in [4.69, 9.17) is 20.8 Å². The smallest absolute Gasteiger partial charge is 0.337 e. The van der Waals surface area contributed by atoms with Crippen LogP contribution in [0.2, 0.25) is 5.02 Å². The minimum atomic E-state index is -0.793. The number of aromatic nitrogens is 1. The molecular weight excluding hydrogens is 432 g/mol. The molecule has 4 aromatic rings. The Kier molecular flexibility index (Phi) is 4.75. The van der Waals surface area contributed by atoms with E-state index in [9.17, 15) is 14.4 Å². The number of methoxy groups -OCH3 is 1. The number of pyridine rings is 1. The van der Waals surface area contributed by atoms with E-state index in [1.54, 1.807) is 60.7 Å². The van der Waals surface area contributed by atoms with Crippen LogP contribution in [0.25, 0.3) is 11.0 Å². The Morgan fingerprint density at radius 1 is 1.06 bits per heavy atom. The Morgan fingerprint density at radius 2 is 1.81 bits per heavy atom. The molecule has 32 heavy (non-hydrogen) atoms. The molecule has 0 fully saturated rings. The number of para-hydroxylation sites is 1. The van der Waals surface area contributed by atoms with Crippen molar-refractivity contribution in [3.8, 4) is 0 Å². The third-order valence-corrected chi connectivity index (χ3v) is 5.61. The van der Waals surface area contributed by atoms with Gasteiger partial charge in [-0.15, -0.1) is 0 Å². The maximum absolute atomic E-state index is 13.4. The van der Waals surface area contributed by atoms with Crippen LogP contribution in [0.1, 0.15) is 38.1 Å². The number of fused-ring (bicyclic) bond motifs is 2. The minimum Gasteiger partial charge on any atom is -0.465 e. The largest absolute Gasteiger partial charge is 0.465 e. The SMILES string of the molecule is COC(=O)c1ccc([C@@H]2c3c(oc4ccccc4c3=O)C(=O)N2c2ccc(Cl)cn2)cc1. The van der Waals surface area contributed by atoms with E-state index in [0.717, 1.165) is 0 Å². The number of ether oxygens (including phenoxy) is 1. The van der Waals surface area contributed by atoms with E-state index in [0.29, 0.717) is 32.9 Å². The molecule has 0 unspecified atom stereocenters. The van der Waals surface area contributed by atoms with Gasteiger partial charge >= 0.3 is 5.97 Å². The van der Waals surface area contributed by atoms with Crippen molar-refractivity contribution >= 4 is 40.3 Å². The Balaban J connectivity index is 1.75. The van der Waals surface area contributed by atoms with Crippen LogP contribution in [-0.4, -0.2) is 24.0 Å². The number of carbonyl (C=O) groups is 2. The number of anilines is 1. The van der Waals surface area contributed by atoms with Gasteiger partial charge in [-0.05, 0) is 42.0 Å². The van der Waals surface area contributed by atoms with E-state index in [1.807, 2.05) is 0 Å². The molecule has 0 bridgehead atoms. The summed E-state index contributed by atoms with van der Waals surface area (Å²) in [7, 11) is 1.30. The second-order valence-electron chi connectivity index (χ2n) is 7.20. The second-order valence-corrected chi connectivity index (χ2v) is 7.63. The van der Waals surface area contributed by atoms with Crippen molar-refractivity contribution < 1.29 is 18.7 Å². The normalized spacial score (nSPS) is 15.1. The Hall–Kier alpha value is -3.97. The topological polar surface area (TPSA) is 89.7 Å². The predicted octanol–water partition coefficient (Wildman–Crippen LogP) is 4.38. The summed E-state index contributed by atoms with van der Waals surface area (Å²) in [5.74, 6) is -0.690. The van der Waals surface area contributed by atoms with Crippen molar-refractivity contribution in [1.29, 1.82) is 0 Å². The first-order chi connectivity index (χ1) is 15.5. The van der Waals surface area contributed by atoms with E-state index >= 15 is 0 Å². The monoisotopic (exact) mass is 446 g/mol. The standard InChI is InChI=1S/C24H15ClN2O5/c1-31-24(30)14-8-6-13(7-9-14)20-19-21(28)16-4-2-3-5-17(16)32-22(19)23(29)27(20)18-11-10-15(25)12-26-18/h2-12,20H,1H3/t20-/m1/s1. The van der Waals surface area contributed by atoms with Crippen LogP contribution in [-0.2, 0) is 4.74 Å². The quantitative estimate of drug-likeness (QED) is 0.434. The van der Waals surface area contributed by atoms with Gasteiger partial charge in [-0.25, -0.2) is 9.78 Å². The minimum absolute atomic E-state index is 0.0347. The number of carbonyl (C=O) groups excluding carboxylic acids is 2. The van der Waals surface area contributed by atoms with Gasteiger partial charge in [0.05, 0.1) is 34.7 Å². The Morgan fingerprint density at radius 3 is 2.50 bits per heavy atom. The molecule has 3 heterocycles. The van der Waals surface area contributed by atoms with Crippen molar-refractivity contribution in [1.82, 2.24) is 4.98 Å². The number of hydrogen-bond donors (Lipinski definition) is 0. The van der Waals surface area contributed by atoms with E-state index in [-0.39, 0.29) is 16.8 Å². The summed E-state index contributed by atoms with van der Waals surface area (Å²) in [6, 6.07) is 15.7. The molecule has 0 saturated heterocycles. The van der Waals surface area contributed by atoms with Crippen molar-refractivity contribution in [3.05, 3.63) is 105 Å². The van der Waals surface area contributed by atoms with Crippen LogP contribution in [0.4, 0.5) is 5.82 Å². The van der Waals surface area contributed by atoms with Gasteiger partial charge in [-0.1, -0.05) is 35.9 Å². The van der Waals surface area contributed by atoms with Crippen LogP contribution in [0.5, 0.6) is 0 Å². The van der Waals surface area contributed by atoms with Crippen LogP contribution in [0, 0.1) is 0 Å². The average molecular weight is 447 g/mol. The number of esters is 1. The van der Waals surface area contributed by atoms with Crippen LogP contribution < -0.4 is 10.3 Å². The summed E-state index contributed by atoms with van der Waals surface area (Å²) >= 11 is 5.98. The second kappa shape index (κ2) is 7.62. The summed E-state index contributed by atoms with van der Waals surface area (Å²) in [5, 5.41) is 0.790. The molecule has 158 valence electrons. The van der Waals surface area contributed by atoms with Gasteiger partial charge in [0.15, 0.2) is 5.43 Å². The van der Waals surface area contributed by atoms with Gasteiger partial charge in [0.1, 0.15) is 11.4 Å². The highest BCUT2D eigenvalue weighted by Crippen LogP contribution is 2.40. The van der Waals surface area contributed by atoms with Gasteiger partial charge < -0.3 is 9.15 Å². The molecule has 5 rings (SSSR count). The fraction of sp³-hybridized carbons (Fsp3) is 0.0833. The van der Waals surface area contributed by atoms with Crippen molar-refractivity contribution in [3.63, 3.8) is 0 Å². The summed E-state index contributed by atoms with van der Waals surface area (Å²) in [5.41, 5.74) is 1.21. The summed E-state index contributed by atoms with van der Waals surface area (Å²) in [4.78, 5) is 44.4. The fourth-order valence-electron chi connectivity index (χ4n) is 3.90. The molecular formula is C24H15ClN2O5. The molecule has 0 radical (unpaired) electrons.